The summed E-state index contributed by atoms with van der Waals surface area (Å²) in [6.07, 6.45) is -0.588. The molecule has 13 heteroatoms. The van der Waals surface area contributed by atoms with Crippen LogP contribution in [0, 0.1) is 0 Å². The van der Waals surface area contributed by atoms with Gasteiger partial charge in [0.1, 0.15) is 18.6 Å². The molecule has 0 aliphatic carbocycles. The molecule has 3 atom stereocenters. The lowest BCUT2D eigenvalue weighted by Gasteiger charge is -2.24. The number of carbonyl (C=O) groups excluding carboxylic acids is 5. The van der Waals surface area contributed by atoms with Gasteiger partial charge in [-0.3, -0.25) is 28.8 Å². The van der Waals surface area contributed by atoms with E-state index in [2.05, 4.69) is 16.0 Å². The summed E-state index contributed by atoms with van der Waals surface area (Å²) in [5.41, 5.74) is 16.6. The van der Waals surface area contributed by atoms with Crippen LogP contribution in [0.2, 0.25) is 0 Å². The van der Waals surface area contributed by atoms with Crippen molar-refractivity contribution in [3.8, 4) is 0 Å². The minimum atomic E-state index is -1.27. The number of hydrogen-bond donors (Lipinski definition) is 7. The number of nitrogens with two attached hydrogens (primary N) is 3. The highest BCUT2D eigenvalue weighted by atomic mass is 16.4. The van der Waals surface area contributed by atoms with Gasteiger partial charge in [-0.1, -0.05) is 30.3 Å². The summed E-state index contributed by atoms with van der Waals surface area (Å²) in [5.74, 6) is -4.95. The van der Waals surface area contributed by atoms with Crippen LogP contribution in [0.15, 0.2) is 30.3 Å². The zero-order valence-corrected chi connectivity index (χ0v) is 18.5. The molecule has 3 unspecified atom stereocenters. The van der Waals surface area contributed by atoms with Crippen LogP contribution >= 0.6 is 0 Å². The highest BCUT2D eigenvalue weighted by Crippen LogP contribution is 2.06. The van der Waals surface area contributed by atoms with E-state index in [0.29, 0.717) is 5.56 Å². The molecule has 13 nitrogen and oxygen atoms in total. The number of amides is 5. The van der Waals surface area contributed by atoms with Gasteiger partial charge in [0, 0.05) is 19.3 Å². The molecule has 0 fully saturated rings. The van der Waals surface area contributed by atoms with E-state index in [1.807, 2.05) is 0 Å². The number of carboxylic acid groups (broad SMARTS) is 1. The third-order valence-corrected chi connectivity index (χ3v) is 4.68. The first-order chi connectivity index (χ1) is 16.0. The summed E-state index contributed by atoms with van der Waals surface area (Å²) in [4.78, 5) is 70.8. The van der Waals surface area contributed by atoms with E-state index in [1.165, 1.54) is 0 Å². The Morgan fingerprint density at radius 3 is 1.91 bits per heavy atom. The lowest BCUT2D eigenvalue weighted by molar-refractivity contribution is -0.138. The molecule has 0 aliphatic rings. The number of primary amides is 2. The number of benzene rings is 1. The molecule has 1 rings (SSSR count). The topological polar surface area (TPSA) is 237 Å². The van der Waals surface area contributed by atoms with Gasteiger partial charge < -0.3 is 38.3 Å². The second kappa shape index (κ2) is 14.2. The summed E-state index contributed by atoms with van der Waals surface area (Å²) in [6.45, 7) is -0.656. The van der Waals surface area contributed by atoms with Crippen molar-refractivity contribution in [2.24, 2.45) is 17.2 Å². The maximum Gasteiger partial charge on any atom is 0.322 e. The second-order valence-corrected chi connectivity index (χ2v) is 7.54. The van der Waals surface area contributed by atoms with Gasteiger partial charge in [-0.05, 0) is 18.4 Å². The molecule has 0 heterocycles. The Hall–Kier alpha value is -4.00. The minimum absolute atomic E-state index is 0.0344. The van der Waals surface area contributed by atoms with Gasteiger partial charge in [0.05, 0.1) is 6.04 Å². The normalized spacial score (nSPS) is 13.1. The molecule has 0 bridgehead atoms. The molecule has 5 amide bonds. The van der Waals surface area contributed by atoms with Gasteiger partial charge in [0.25, 0.3) is 0 Å². The molecule has 34 heavy (non-hydrogen) atoms. The molecule has 186 valence electrons. The second-order valence-electron chi connectivity index (χ2n) is 7.54. The number of carboxylic acids is 1. The minimum Gasteiger partial charge on any atom is -0.480 e. The fraction of sp³-hybridized carbons (Fsp3) is 0.429. The highest BCUT2D eigenvalue weighted by Gasteiger charge is 2.28. The Bertz CT molecular complexity index is 893. The number of aliphatic carboxylic acids is 1. The molecule has 0 saturated carbocycles. The fourth-order valence-corrected chi connectivity index (χ4v) is 2.88. The maximum atomic E-state index is 12.9. The van der Waals surface area contributed by atoms with Crippen molar-refractivity contribution in [1.29, 1.82) is 0 Å². The lowest BCUT2D eigenvalue weighted by Crippen LogP contribution is -2.56. The van der Waals surface area contributed by atoms with Gasteiger partial charge in [-0.15, -0.1) is 0 Å². The van der Waals surface area contributed by atoms with E-state index < -0.39 is 60.2 Å². The van der Waals surface area contributed by atoms with Crippen LogP contribution in [0.5, 0.6) is 0 Å². The van der Waals surface area contributed by atoms with E-state index >= 15 is 0 Å². The Kier molecular flexibility index (Phi) is 11.7. The molecule has 0 radical (unpaired) electrons. The van der Waals surface area contributed by atoms with Crippen molar-refractivity contribution in [2.75, 3.05) is 6.54 Å². The average Bonchev–Trinajstić information content (AvgIpc) is 2.78. The Morgan fingerprint density at radius 1 is 0.794 bits per heavy atom. The molecule has 0 aliphatic heterocycles. The third-order valence-electron chi connectivity index (χ3n) is 4.68. The first-order valence-corrected chi connectivity index (χ1v) is 10.5. The largest absolute Gasteiger partial charge is 0.480 e. The summed E-state index contributed by atoms with van der Waals surface area (Å²) >= 11 is 0. The first kappa shape index (κ1) is 28.0. The van der Waals surface area contributed by atoms with Crippen molar-refractivity contribution in [3.05, 3.63) is 35.9 Å². The van der Waals surface area contributed by atoms with Gasteiger partial charge >= 0.3 is 5.97 Å². The molecular formula is C21H30N6O7. The SMILES string of the molecule is NC(=O)CCC(N)C(=O)NC(CCC(N)=O)C(=O)NC(Cc1ccccc1)C(=O)NCC(=O)O. The molecule has 1 aromatic carbocycles. The standard InChI is InChI=1S/C21H30N6O7/c22-13(6-8-16(23)28)19(32)26-14(7-9-17(24)29)21(34)27-15(20(33)25-11-18(30)31)10-12-4-2-1-3-5-12/h1-5,13-15H,6-11,22H2,(H2,23,28)(H2,24,29)(H,25,33)(H,26,32)(H,27,34)(H,30,31). The monoisotopic (exact) mass is 478 g/mol. The van der Waals surface area contributed by atoms with Crippen molar-refractivity contribution in [2.45, 2.75) is 50.2 Å². The Balaban J connectivity index is 2.98. The van der Waals surface area contributed by atoms with Crippen LogP contribution in [0.25, 0.3) is 0 Å². The van der Waals surface area contributed by atoms with Crippen molar-refractivity contribution >= 4 is 35.5 Å². The van der Waals surface area contributed by atoms with Crippen molar-refractivity contribution in [1.82, 2.24) is 16.0 Å². The molecular weight excluding hydrogens is 448 g/mol. The van der Waals surface area contributed by atoms with Gasteiger partial charge in [0.15, 0.2) is 0 Å². The average molecular weight is 479 g/mol. The maximum absolute atomic E-state index is 12.9. The predicted octanol–water partition coefficient (Wildman–Crippen LogP) is -2.74. The molecule has 10 N–H and O–H groups in total. The van der Waals surface area contributed by atoms with Crippen LogP contribution in [-0.2, 0) is 35.2 Å². The fourth-order valence-electron chi connectivity index (χ4n) is 2.88. The number of rotatable bonds is 15. The predicted molar refractivity (Wildman–Crippen MR) is 119 cm³/mol. The van der Waals surface area contributed by atoms with Gasteiger partial charge in [0.2, 0.25) is 29.5 Å². The summed E-state index contributed by atoms with van der Waals surface area (Å²) < 4.78 is 0. The van der Waals surface area contributed by atoms with E-state index in [1.54, 1.807) is 30.3 Å². The van der Waals surface area contributed by atoms with E-state index in [-0.39, 0.29) is 32.1 Å². The number of hydrogen-bond acceptors (Lipinski definition) is 7. The van der Waals surface area contributed by atoms with Gasteiger partial charge in [-0.2, -0.15) is 0 Å². The summed E-state index contributed by atoms with van der Waals surface area (Å²) in [6, 6.07) is 5.06. The van der Waals surface area contributed by atoms with E-state index in [0.717, 1.165) is 0 Å². The highest BCUT2D eigenvalue weighted by molar-refractivity contribution is 5.94. The van der Waals surface area contributed by atoms with E-state index in [4.69, 9.17) is 22.3 Å². The lowest BCUT2D eigenvalue weighted by atomic mass is 10.0. The van der Waals surface area contributed by atoms with Crippen LogP contribution < -0.4 is 33.2 Å². The van der Waals surface area contributed by atoms with E-state index in [9.17, 15) is 28.8 Å². The Morgan fingerprint density at radius 2 is 1.35 bits per heavy atom. The van der Waals surface area contributed by atoms with Crippen LogP contribution in [0.1, 0.15) is 31.2 Å². The van der Waals surface area contributed by atoms with Gasteiger partial charge in [-0.25, -0.2) is 0 Å². The molecule has 0 aromatic heterocycles. The van der Waals surface area contributed by atoms with Crippen LogP contribution in [0.3, 0.4) is 0 Å². The molecule has 1 aromatic rings. The summed E-state index contributed by atoms with van der Waals surface area (Å²) in [5, 5.41) is 15.9. The van der Waals surface area contributed by atoms with Crippen molar-refractivity contribution in [3.63, 3.8) is 0 Å². The number of carbonyl (C=O) groups is 6. The molecule has 0 saturated heterocycles. The number of nitrogens with one attached hydrogen (secondary N) is 3. The van der Waals surface area contributed by atoms with Crippen LogP contribution in [0.4, 0.5) is 0 Å². The first-order valence-electron chi connectivity index (χ1n) is 10.5. The van der Waals surface area contributed by atoms with Crippen molar-refractivity contribution < 1.29 is 33.9 Å². The summed E-state index contributed by atoms with van der Waals surface area (Å²) in [7, 11) is 0. The molecule has 0 spiro atoms. The smallest absolute Gasteiger partial charge is 0.322 e. The van der Waals surface area contributed by atoms with Crippen LogP contribution in [-0.4, -0.2) is 65.3 Å². The zero-order valence-electron chi connectivity index (χ0n) is 18.5. The quantitative estimate of drug-likeness (QED) is 0.139. The zero-order chi connectivity index (χ0) is 25.7. The Labute approximate surface area is 195 Å². The third kappa shape index (κ3) is 11.0.